The number of aryl methyl sites for hydroxylation is 1. The lowest BCUT2D eigenvalue weighted by Crippen LogP contribution is -2.43. The Morgan fingerprint density at radius 1 is 1.33 bits per heavy atom. The van der Waals surface area contributed by atoms with E-state index < -0.39 is 0 Å². The van der Waals surface area contributed by atoms with Gasteiger partial charge in [0.2, 0.25) is 11.8 Å². The van der Waals surface area contributed by atoms with Gasteiger partial charge in [0.15, 0.2) is 0 Å². The molecule has 1 aromatic carbocycles. The predicted octanol–water partition coefficient (Wildman–Crippen LogP) is 1.48. The second-order valence-electron chi connectivity index (χ2n) is 6.30. The summed E-state index contributed by atoms with van der Waals surface area (Å²) >= 11 is 0. The zero-order valence-electron chi connectivity index (χ0n) is 12.7. The maximum Gasteiger partial charge on any atom is 0.239 e. The molecule has 0 spiro atoms. The van der Waals surface area contributed by atoms with Crippen molar-refractivity contribution in [2.75, 3.05) is 22.9 Å². The van der Waals surface area contributed by atoms with Crippen molar-refractivity contribution < 1.29 is 9.59 Å². The summed E-state index contributed by atoms with van der Waals surface area (Å²) in [6.45, 7) is 5.95. The van der Waals surface area contributed by atoms with Crippen LogP contribution in [0.3, 0.4) is 0 Å². The number of benzene rings is 1. The van der Waals surface area contributed by atoms with E-state index in [1.165, 1.54) is 0 Å². The Hall–Kier alpha value is -2.24. The van der Waals surface area contributed by atoms with Gasteiger partial charge in [-0.05, 0) is 44.9 Å². The van der Waals surface area contributed by atoms with Crippen molar-refractivity contribution in [2.45, 2.75) is 39.2 Å². The first-order valence-electron chi connectivity index (χ1n) is 7.02. The average Bonchev–Trinajstić information content (AvgIpc) is 2.34. The van der Waals surface area contributed by atoms with E-state index in [0.717, 1.165) is 11.3 Å². The fourth-order valence-corrected chi connectivity index (χ4v) is 2.24. The maximum atomic E-state index is 11.8. The largest absolute Gasteiger partial charge is 0.397 e. The summed E-state index contributed by atoms with van der Waals surface area (Å²) in [6, 6.07) is 3.63. The zero-order chi connectivity index (χ0) is 15.6. The van der Waals surface area contributed by atoms with Crippen LogP contribution in [0.4, 0.5) is 17.1 Å². The molecule has 21 heavy (non-hydrogen) atoms. The number of hydrogen-bond donors (Lipinski definition) is 4. The number of fused-ring (bicyclic) bond motifs is 1. The summed E-state index contributed by atoms with van der Waals surface area (Å²) < 4.78 is 0. The van der Waals surface area contributed by atoms with Gasteiger partial charge in [0.1, 0.15) is 0 Å². The van der Waals surface area contributed by atoms with Crippen LogP contribution in [0.15, 0.2) is 12.1 Å². The van der Waals surface area contributed by atoms with Gasteiger partial charge in [-0.15, -0.1) is 0 Å². The highest BCUT2D eigenvalue weighted by atomic mass is 16.2. The molecule has 1 aromatic rings. The highest BCUT2D eigenvalue weighted by molar-refractivity contribution is 5.95. The van der Waals surface area contributed by atoms with E-state index in [-0.39, 0.29) is 23.9 Å². The van der Waals surface area contributed by atoms with Crippen LogP contribution in [0, 0.1) is 0 Å². The molecule has 5 N–H and O–H groups in total. The van der Waals surface area contributed by atoms with Crippen molar-refractivity contribution in [1.82, 2.24) is 5.32 Å². The lowest BCUT2D eigenvalue weighted by Gasteiger charge is -2.22. The highest BCUT2D eigenvalue weighted by Crippen LogP contribution is 2.30. The van der Waals surface area contributed by atoms with E-state index in [4.69, 9.17) is 5.73 Å². The van der Waals surface area contributed by atoms with Crippen LogP contribution in [0.25, 0.3) is 0 Å². The Morgan fingerprint density at radius 3 is 2.71 bits per heavy atom. The Morgan fingerprint density at radius 2 is 2.05 bits per heavy atom. The van der Waals surface area contributed by atoms with Gasteiger partial charge in [0.25, 0.3) is 0 Å². The predicted molar refractivity (Wildman–Crippen MR) is 84.2 cm³/mol. The van der Waals surface area contributed by atoms with Gasteiger partial charge < -0.3 is 21.7 Å². The molecule has 0 aliphatic carbocycles. The molecule has 2 rings (SSSR count). The molecule has 6 heteroatoms. The Bertz CT molecular complexity index is 576. The number of nitrogen functional groups attached to an aromatic ring is 1. The van der Waals surface area contributed by atoms with Crippen LogP contribution in [0.2, 0.25) is 0 Å². The monoisotopic (exact) mass is 290 g/mol. The summed E-state index contributed by atoms with van der Waals surface area (Å²) in [4.78, 5) is 23.2. The van der Waals surface area contributed by atoms with Crippen LogP contribution in [-0.2, 0) is 16.0 Å². The molecule has 1 aliphatic rings. The first kappa shape index (κ1) is 15.2. The number of rotatable bonds is 3. The molecule has 1 aliphatic heterocycles. The standard InChI is InChI=1S/C15H22N4O2/c1-15(2,3)19-14(21)8-17-12-6-9-4-5-13(20)18-11(9)7-10(12)16/h6-7,17H,4-5,8,16H2,1-3H3,(H,18,20)(H,19,21). The number of nitrogens with one attached hydrogen (secondary N) is 3. The molecular weight excluding hydrogens is 268 g/mol. The van der Waals surface area contributed by atoms with E-state index in [1.54, 1.807) is 6.07 Å². The van der Waals surface area contributed by atoms with Gasteiger partial charge >= 0.3 is 0 Å². The van der Waals surface area contributed by atoms with Crippen molar-refractivity contribution in [3.05, 3.63) is 17.7 Å². The molecule has 0 unspecified atom stereocenters. The van der Waals surface area contributed by atoms with E-state index in [1.807, 2.05) is 26.8 Å². The fourth-order valence-electron chi connectivity index (χ4n) is 2.24. The molecule has 114 valence electrons. The van der Waals surface area contributed by atoms with Crippen LogP contribution < -0.4 is 21.7 Å². The number of nitrogens with two attached hydrogens (primary N) is 1. The first-order chi connectivity index (χ1) is 9.74. The zero-order valence-corrected chi connectivity index (χ0v) is 12.7. The molecular formula is C15H22N4O2. The summed E-state index contributed by atoms with van der Waals surface area (Å²) in [7, 11) is 0. The van der Waals surface area contributed by atoms with Crippen molar-refractivity contribution in [1.29, 1.82) is 0 Å². The second-order valence-corrected chi connectivity index (χ2v) is 6.30. The van der Waals surface area contributed by atoms with E-state index in [9.17, 15) is 9.59 Å². The smallest absolute Gasteiger partial charge is 0.239 e. The third kappa shape index (κ3) is 4.11. The molecule has 0 fully saturated rings. The van der Waals surface area contributed by atoms with Gasteiger partial charge in [-0.2, -0.15) is 0 Å². The van der Waals surface area contributed by atoms with E-state index >= 15 is 0 Å². The van der Waals surface area contributed by atoms with Gasteiger partial charge in [-0.25, -0.2) is 0 Å². The minimum absolute atomic E-state index is 0.00663. The molecule has 6 nitrogen and oxygen atoms in total. The van der Waals surface area contributed by atoms with Crippen LogP contribution in [0.1, 0.15) is 32.8 Å². The van der Waals surface area contributed by atoms with Crippen LogP contribution in [-0.4, -0.2) is 23.9 Å². The van der Waals surface area contributed by atoms with Gasteiger partial charge in [0.05, 0.1) is 17.9 Å². The van der Waals surface area contributed by atoms with E-state index in [0.29, 0.717) is 24.2 Å². The number of carbonyl (C=O) groups is 2. The summed E-state index contributed by atoms with van der Waals surface area (Å²) in [6.07, 6.45) is 1.16. The lowest BCUT2D eigenvalue weighted by molar-refractivity contribution is -0.120. The highest BCUT2D eigenvalue weighted by Gasteiger charge is 2.17. The number of amides is 2. The topological polar surface area (TPSA) is 96.2 Å². The molecule has 0 atom stereocenters. The Balaban J connectivity index is 2.04. The minimum Gasteiger partial charge on any atom is -0.397 e. The third-order valence-electron chi connectivity index (χ3n) is 3.12. The minimum atomic E-state index is -0.259. The summed E-state index contributed by atoms with van der Waals surface area (Å²) in [5, 5.41) is 8.72. The van der Waals surface area contributed by atoms with Crippen LogP contribution >= 0.6 is 0 Å². The fraction of sp³-hybridized carbons (Fsp3) is 0.467. The molecule has 0 saturated carbocycles. The Labute approximate surface area is 124 Å². The maximum absolute atomic E-state index is 11.8. The van der Waals surface area contributed by atoms with Crippen molar-refractivity contribution >= 4 is 28.9 Å². The normalized spacial score (nSPS) is 14.1. The molecule has 1 heterocycles. The summed E-state index contributed by atoms with van der Waals surface area (Å²) in [5.74, 6) is -0.0833. The van der Waals surface area contributed by atoms with Gasteiger partial charge in [-0.3, -0.25) is 9.59 Å². The molecule has 2 amide bonds. The lowest BCUT2D eigenvalue weighted by atomic mass is 10.0. The quantitative estimate of drug-likeness (QED) is 0.634. The third-order valence-corrected chi connectivity index (χ3v) is 3.12. The number of carbonyl (C=O) groups excluding carboxylic acids is 2. The Kier molecular flexibility index (Phi) is 4.06. The van der Waals surface area contributed by atoms with Crippen molar-refractivity contribution in [2.24, 2.45) is 0 Å². The second kappa shape index (κ2) is 5.63. The summed E-state index contributed by atoms with van der Waals surface area (Å²) in [5.41, 5.74) is 8.72. The molecule has 0 radical (unpaired) electrons. The van der Waals surface area contributed by atoms with Crippen molar-refractivity contribution in [3.8, 4) is 0 Å². The molecule has 0 saturated heterocycles. The van der Waals surface area contributed by atoms with Crippen LogP contribution in [0.5, 0.6) is 0 Å². The molecule has 0 bridgehead atoms. The first-order valence-corrected chi connectivity index (χ1v) is 7.02. The van der Waals surface area contributed by atoms with Gasteiger partial charge in [0, 0.05) is 17.6 Å². The van der Waals surface area contributed by atoms with Gasteiger partial charge in [-0.1, -0.05) is 0 Å². The number of hydrogen-bond acceptors (Lipinski definition) is 4. The average molecular weight is 290 g/mol. The van der Waals surface area contributed by atoms with E-state index in [2.05, 4.69) is 16.0 Å². The number of anilines is 3. The van der Waals surface area contributed by atoms with Crippen molar-refractivity contribution in [3.63, 3.8) is 0 Å². The SMILES string of the molecule is CC(C)(C)NC(=O)CNc1cc2c(cc1N)NC(=O)CC2. The molecule has 0 aromatic heterocycles.